The Morgan fingerprint density at radius 1 is 1.30 bits per heavy atom. The van der Waals surface area contributed by atoms with E-state index >= 15 is 0 Å². The molecule has 0 bridgehead atoms. The van der Waals surface area contributed by atoms with Gasteiger partial charge in [-0.2, -0.15) is 0 Å². The molecule has 0 radical (unpaired) electrons. The minimum atomic E-state index is -3.65. The van der Waals surface area contributed by atoms with E-state index in [-0.39, 0.29) is 4.90 Å². The molecule has 2 aromatic rings. The number of para-hydroxylation sites is 1. The molecule has 20 heavy (non-hydrogen) atoms. The van der Waals surface area contributed by atoms with Crippen molar-refractivity contribution in [2.75, 3.05) is 13.2 Å². The fourth-order valence-electron chi connectivity index (χ4n) is 2.32. The molecule has 0 aliphatic carbocycles. The number of hydrogen-bond acceptors (Lipinski definition) is 4. The first-order chi connectivity index (χ1) is 9.59. The van der Waals surface area contributed by atoms with E-state index in [1.807, 2.05) is 19.1 Å². The number of aryl methyl sites for hydroxylation is 1. The largest absolute Gasteiger partial charge is 0.284 e. The van der Waals surface area contributed by atoms with Gasteiger partial charge in [-0.05, 0) is 37.5 Å². The summed E-state index contributed by atoms with van der Waals surface area (Å²) in [6.07, 6.45) is 3.38. The van der Waals surface area contributed by atoms with Gasteiger partial charge in [0.15, 0.2) is 0 Å². The fourth-order valence-corrected chi connectivity index (χ4v) is 3.79. The molecule has 1 saturated heterocycles. The first-order valence-electron chi connectivity index (χ1n) is 6.60. The van der Waals surface area contributed by atoms with Gasteiger partial charge in [-0.25, -0.2) is 8.42 Å². The minimum absolute atomic E-state index is 0.205. The lowest BCUT2D eigenvalue weighted by Gasteiger charge is -2.25. The Morgan fingerprint density at radius 3 is 2.90 bits per heavy atom. The van der Waals surface area contributed by atoms with Crippen LogP contribution in [0.5, 0.6) is 0 Å². The van der Waals surface area contributed by atoms with E-state index in [2.05, 4.69) is 4.98 Å². The third kappa shape index (κ3) is 2.30. The van der Waals surface area contributed by atoms with Crippen LogP contribution in [0.2, 0.25) is 0 Å². The highest BCUT2D eigenvalue weighted by atomic mass is 32.2. The number of aromatic nitrogens is 1. The Bertz CT molecular complexity index is 737. The number of fused-ring (bicyclic) bond motifs is 1. The van der Waals surface area contributed by atoms with Crippen LogP contribution in [0.1, 0.15) is 18.4 Å². The number of pyridine rings is 1. The summed E-state index contributed by atoms with van der Waals surface area (Å²) in [7, 11) is -3.65. The Labute approximate surface area is 118 Å². The third-order valence-electron chi connectivity index (χ3n) is 3.33. The van der Waals surface area contributed by atoms with Gasteiger partial charge in [0.2, 0.25) is 0 Å². The summed E-state index contributed by atoms with van der Waals surface area (Å²) >= 11 is 0. The number of sulfonamides is 1. The van der Waals surface area contributed by atoms with Crippen molar-refractivity contribution in [2.45, 2.75) is 24.7 Å². The number of hydrogen-bond donors (Lipinski definition) is 0. The molecule has 5 nitrogen and oxygen atoms in total. The maximum Gasteiger partial charge on any atom is 0.267 e. The molecule has 1 fully saturated rings. The topological polar surface area (TPSA) is 59.5 Å². The lowest BCUT2D eigenvalue weighted by atomic mass is 10.2. The van der Waals surface area contributed by atoms with Crippen molar-refractivity contribution in [2.24, 2.45) is 0 Å². The Morgan fingerprint density at radius 2 is 2.15 bits per heavy atom. The zero-order valence-corrected chi connectivity index (χ0v) is 12.1. The molecule has 0 N–H and O–H groups in total. The molecular formula is C14H16N2O3S. The van der Waals surface area contributed by atoms with E-state index in [9.17, 15) is 8.42 Å². The van der Waals surface area contributed by atoms with E-state index in [1.165, 1.54) is 0 Å². The van der Waals surface area contributed by atoms with Crippen LogP contribution in [0.3, 0.4) is 0 Å². The van der Waals surface area contributed by atoms with Crippen LogP contribution in [0.15, 0.2) is 35.4 Å². The van der Waals surface area contributed by atoms with Gasteiger partial charge in [0, 0.05) is 18.1 Å². The Balaban J connectivity index is 2.13. The van der Waals surface area contributed by atoms with Gasteiger partial charge in [-0.3, -0.25) is 9.82 Å². The van der Waals surface area contributed by atoms with Crippen molar-refractivity contribution in [1.29, 1.82) is 0 Å². The van der Waals surface area contributed by atoms with E-state index in [0.717, 1.165) is 28.3 Å². The van der Waals surface area contributed by atoms with Crippen LogP contribution in [-0.4, -0.2) is 31.0 Å². The molecule has 0 atom stereocenters. The van der Waals surface area contributed by atoms with Crippen molar-refractivity contribution in [3.05, 3.63) is 36.0 Å². The van der Waals surface area contributed by atoms with Gasteiger partial charge in [0.05, 0.1) is 12.1 Å². The quantitative estimate of drug-likeness (QED) is 0.852. The lowest BCUT2D eigenvalue weighted by molar-refractivity contribution is -0.108. The monoisotopic (exact) mass is 292 g/mol. The summed E-state index contributed by atoms with van der Waals surface area (Å²) in [5.41, 5.74) is 1.49. The first kappa shape index (κ1) is 13.5. The average Bonchev–Trinajstić information content (AvgIpc) is 2.47. The Kier molecular flexibility index (Phi) is 3.45. The van der Waals surface area contributed by atoms with E-state index < -0.39 is 10.0 Å². The van der Waals surface area contributed by atoms with Crippen molar-refractivity contribution in [3.63, 3.8) is 0 Å². The molecule has 0 spiro atoms. The van der Waals surface area contributed by atoms with Crippen molar-refractivity contribution in [3.8, 4) is 0 Å². The van der Waals surface area contributed by atoms with Crippen LogP contribution >= 0.6 is 0 Å². The predicted octanol–water partition coefficient (Wildman–Crippen LogP) is 2.26. The zero-order chi connectivity index (χ0) is 14.2. The highest BCUT2D eigenvalue weighted by molar-refractivity contribution is 7.89. The molecule has 6 heteroatoms. The second kappa shape index (κ2) is 5.12. The molecule has 2 heterocycles. The van der Waals surface area contributed by atoms with Gasteiger partial charge in [0.25, 0.3) is 10.0 Å². The van der Waals surface area contributed by atoms with Crippen molar-refractivity contribution < 1.29 is 13.3 Å². The van der Waals surface area contributed by atoms with Gasteiger partial charge in [-0.1, -0.05) is 16.6 Å². The fraction of sp³-hybridized carbons (Fsp3) is 0.357. The number of rotatable bonds is 2. The summed E-state index contributed by atoms with van der Waals surface area (Å²) in [4.78, 5) is 9.77. The lowest BCUT2D eigenvalue weighted by Crippen LogP contribution is -2.35. The van der Waals surface area contributed by atoms with Crippen LogP contribution in [0.25, 0.3) is 10.9 Å². The summed E-state index contributed by atoms with van der Waals surface area (Å²) < 4.78 is 26.4. The minimum Gasteiger partial charge on any atom is -0.284 e. The molecule has 1 aliphatic heterocycles. The molecule has 106 valence electrons. The molecule has 0 amide bonds. The molecule has 0 unspecified atom stereocenters. The highest BCUT2D eigenvalue weighted by Crippen LogP contribution is 2.26. The number of nitrogens with zero attached hydrogens (tertiary/aromatic N) is 2. The predicted molar refractivity (Wildman–Crippen MR) is 75.6 cm³/mol. The summed E-state index contributed by atoms with van der Waals surface area (Å²) in [6.45, 7) is 2.77. The van der Waals surface area contributed by atoms with Crippen LogP contribution in [0, 0.1) is 6.92 Å². The summed E-state index contributed by atoms with van der Waals surface area (Å²) in [5, 5.41) is 0.822. The summed E-state index contributed by atoms with van der Waals surface area (Å²) in [5.74, 6) is 0. The van der Waals surface area contributed by atoms with Gasteiger partial charge >= 0.3 is 0 Å². The molecular weight excluding hydrogens is 276 g/mol. The molecule has 0 saturated carbocycles. The second-order valence-corrected chi connectivity index (χ2v) is 6.71. The Hall–Kier alpha value is -1.50. The third-order valence-corrected chi connectivity index (χ3v) is 5.04. The maximum absolute atomic E-state index is 12.6. The SMILES string of the molecule is Cc1cnc2c(S(=O)(=O)N3CCCCO3)cccc2c1. The van der Waals surface area contributed by atoms with Crippen LogP contribution in [0.4, 0.5) is 0 Å². The average molecular weight is 292 g/mol. The molecule has 1 aromatic heterocycles. The first-order valence-corrected chi connectivity index (χ1v) is 8.04. The van der Waals surface area contributed by atoms with Crippen molar-refractivity contribution >= 4 is 20.9 Å². The normalized spacial score (nSPS) is 17.4. The van der Waals surface area contributed by atoms with Crippen LogP contribution < -0.4 is 0 Å². The second-order valence-electron chi connectivity index (χ2n) is 4.91. The highest BCUT2D eigenvalue weighted by Gasteiger charge is 2.29. The number of hydroxylamine groups is 1. The van der Waals surface area contributed by atoms with Crippen LogP contribution in [-0.2, 0) is 14.9 Å². The maximum atomic E-state index is 12.6. The molecule has 3 rings (SSSR count). The smallest absolute Gasteiger partial charge is 0.267 e. The van der Waals surface area contributed by atoms with Crippen molar-refractivity contribution in [1.82, 2.24) is 9.45 Å². The molecule has 1 aliphatic rings. The van der Waals surface area contributed by atoms with E-state index in [4.69, 9.17) is 4.84 Å². The number of benzene rings is 1. The zero-order valence-electron chi connectivity index (χ0n) is 11.2. The van der Waals surface area contributed by atoms with Gasteiger partial charge in [0.1, 0.15) is 4.90 Å². The van der Waals surface area contributed by atoms with E-state index in [1.54, 1.807) is 18.3 Å². The standard InChI is InChI=1S/C14H16N2O3S/c1-11-9-12-5-4-6-13(14(12)15-10-11)20(17,18)16-7-2-3-8-19-16/h4-6,9-10H,2-3,7-8H2,1H3. The van der Waals surface area contributed by atoms with E-state index in [0.29, 0.717) is 18.7 Å². The summed E-state index contributed by atoms with van der Waals surface area (Å²) in [6, 6.07) is 7.11. The van der Waals surface area contributed by atoms with Gasteiger partial charge in [-0.15, -0.1) is 0 Å². The van der Waals surface area contributed by atoms with Gasteiger partial charge < -0.3 is 0 Å². The molecule has 1 aromatic carbocycles.